The number of carbonyl (C=O) groups excluding carboxylic acids is 1. The summed E-state index contributed by atoms with van der Waals surface area (Å²) in [5, 5.41) is 3.63. The van der Waals surface area contributed by atoms with E-state index in [0.717, 1.165) is 0 Å². The van der Waals surface area contributed by atoms with Crippen molar-refractivity contribution in [2.75, 3.05) is 13.9 Å². The molecule has 1 rings (SSSR count). The second-order valence-corrected chi connectivity index (χ2v) is 2.91. The maximum atomic E-state index is 11.7. The molecule has 15 heavy (non-hydrogen) atoms. The molecule has 4 heteroatoms. The van der Waals surface area contributed by atoms with Gasteiger partial charge < -0.3 is 9.57 Å². The molecule has 0 saturated carbocycles. The summed E-state index contributed by atoms with van der Waals surface area (Å²) in [6, 6.07) is 8.92. The highest BCUT2D eigenvalue weighted by Crippen LogP contribution is 2.01. The highest BCUT2D eigenvalue weighted by atomic mass is 16.7. The number of benzene rings is 1. The number of ketones is 1. The zero-order chi connectivity index (χ0) is 11.1. The van der Waals surface area contributed by atoms with Crippen LogP contribution in [0.3, 0.4) is 0 Å². The predicted octanol–water partition coefficient (Wildman–Crippen LogP) is 1.87. The molecule has 0 saturated heterocycles. The van der Waals surface area contributed by atoms with Crippen molar-refractivity contribution in [3.63, 3.8) is 0 Å². The number of ether oxygens (including phenoxy) is 1. The smallest absolute Gasteiger partial charge is 0.216 e. The number of rotatable bonds is 5. The summed E-state index contributed by atoms with van der Waals surface area (Å²) in [5.74, 6) is -0.147. The van der Waals surface area contributed by atoms with Crippen molar-refractivity contribution in [3.05, 3.63) is 35.9 Å². The SMILES string of the molecule is COCON=C(C)C(=O)c1ccccc1. The molecule has 1 aromatic carbocycles. The van der Waals surface area contributed by atoms with Crippen LogP contribution in [0, 0.1) is 0 Å². The molecule has 0 aliphatic carbocycles. The molecule has 80 valence electrons. The minimum atomic E-state index is -0.147. The van der Waals surface area contributed by atoms with E-state index in [9.17, 15) is 4.79 Å². The zero-order valence-corrected chi connectivity index (χ0v) is 8.77. The number of carbonyl (C=O) groups is 1. The van der Waals surface area contributed by atoms with Gasteiger partial charge in [0.1, 0.15) is 5.71 Å². The van der Waals surface area contributed by atoms with Gasteiger partial charge in [0.2, 0.25) is 12.6 Å². The highest BCUT2D eigenvalue weighted by molar-refractivity contribution is 6.45. The van der Waals surface area contributed by atoms with E-state index in [1.165, 1.54) is 7.11 Å². The van der Waals surface area contributed by atoms with Crippen LogP contribution in [-0.4, -0.2) is 25.4 Å². The third kappa shape index (κ3) is 3.52. The van der Waals surface area contributed by atoms with Gasteiger partial charge in [-0.2, -0.15) is 0 Å². The largest absolute Gasteiger partial charge is 0.367 e. The van der Waals surface area contributed by atoms with Crippen LogP contribution in [0.4, 0.5) is 0 Å². The second-order valence-electron chi connectivity index (χ2n) is 2.91. The van der Waals surface area contributed by atoms with E-state index >= 15 is 0 Å². The van der Waals surface area contributed by atoms with Crippen molar-refractivity contribution < 1.29 is 14.4 Å². The normalized spacial score (nSPS) is 11.2. The number of Topliss-reactive ketones (excluding diaryl/α,β-unsaturated/α-hetero) is 1. The summed E-state index contributed by atoms with van der Waals surface area (Å²) in [5.41, 5.74) is 0.901. The molecule has 0 amide bonds. The second kappa shape index (κ2) is 5.93. The van der Waals surface area contributed by atoms with Gasteiger partial charge in [-0.3, -0.25) is 4.79 Å². The molecule has 0 radical (unpaired) electrons. The van der Waals surface area contributed by atoms with Gasteiger partial charge in [-0.05, 0) is 6.92 Å². The molecule has 4 nitrogen and oxygen atoms in total. The summed E-state index contributed by atoms with van der Waals surface area (Å²) < 4.78 is 4.64. The van der Waals surface area contributed by atoms with Crippen molar-refractivity contribution in [2.24, 2.45) is 5.16 Å². The van der Waals surface area contributed by atoms with Gasteiger partial charge in [0.25, 0.3) is 0 Å². The van der Waals surface area contributed by atoms with E-state index in [4.69, 9.17) is 4.84 Å². The average Bonchev–Trinajstić information content (AvgIpc) is 2.29. The predicted molar refractivity (Wildman–Crippen MR) is 56.8 cm³/mol. The molecule has 0 fully saturated rings. The molecule has 0 aliphatic rings. The van der Waals surface area contributed by atoms with Crippen LogP contribution in [0.5, 0.6) is 0 Å². The summed E-state index contributed by atoms with van der Waals surface area (Å²) >= 11 is 0. The number of nitrogens with zero attached hydrogens (tertiary/aromatic N) is 1. The Morgan fingerprint density at radius 1 is 1.33 bits per heavy atom. The molecule has 0 bridgehead atoms. The van der Waals surface area contributed by atoms with Crippen LogP contribution in [0.15, 0.2) is 35.5 Å². The zero-order valence-electron chi connectivity index (χ0n) is 8.77. The third-order valence-corrected chi connectivity index (χ3v) is 1.74. The fourth-order valence-electron chi connectivity index (χ4n) is 1.02. The van der Waals surface area contributed by atoms with Crippen LogP contribution < -0.4 is 0 Å². The van der Waals surface area contributed by atoms with Crippen LogP contribution >= 0.6 is 0 Å². The maximum Gasteiger partial charge on any atom is 0.216 e. The Kier molecular flexibility index (Phi) is 4.50. The lowest BCUT2D eigenvalue weighted by molar-refractivity contribution is -0.0282. The third-order valence-electron chi connectivity index (χ3n) is 1.74. The topological polar surface area (TPSA) is 47.9 Å². The summed E-state index contributed by atoms with van der Waals surface area (Å²) in [4.78, 5) is 16.4. The van der Waals surface area contributed by atoms with Gasteiger partial charge >= 0.3 is 0 Å². The first kappa shape index (κ1) is 11.4. The molecule has 0 atom stereocenters. The maximum absolute atomic E-state index is 11.7. The fraction of sp³-hybridized carbons (Fsp3) is 0.273. The lowest BCUT2D eigenvalue weighted by Crippen LogP contribution is -2.11. The van der Waals surface area contributed by atoms with Gasteiger partial charge in [0.15, 0.2) is 0 Å². The van der Waals surface area contributed by atoms with E-state index in [0.29, 0.717) is 11.3 Å². The molecule has 0 N–H and O–H groups in total. The van der Waals surface area contributed by atoms with Crippen LogP contribution in [0.1, 0.15) is 17.3 Å². The van der Waals surface area contributed by atoms with Gasteiger partial charge in [-0.15, -0.1) is 0 Å². The Morgan fingerprint density at radius 3 is 2.60 bits per heavy atom. The molecule has 0 heterocycles. The minimum Gasteiger partial charge on any atom is -0.367 e. The monoisotopic (exact) mass is 207 g/mol. The summed E-state index contributed by atoms with van der Waals surface area (Å²) in [6.45, 7) is 1.64. The number of hydrogen-bond acceptors (Lipinski definition) is 4. The number of oxime groups is 1. The van der Waals surface area contributed by atoms with E-state index < -0.39 is 0 Å². The molecular formula is C11H13NO3. The standard InChI is InChI=1S/C11H13NO3/c1-9(12-15-8-14-2)11(13)10-6-4-3-5-7-10/h3-7H,8H2,1-2H3. The van der Waals surface area contributed by atoms with Crippen molar-refractivity contribution in [1.82, 2.24) is 0 Å². The van der Waals surface area contributed by atoms with Gasteiger partial charge in [-0.25, -0.2) is 0 Å². The van der Waals surface area contributed by atoms with Gasteiger partial charge in [0.05, 0.1) is 0 Å². The van der Waals surface area contributed by atoms with Crippen LogP contribution in [-0.2, 0) is 9.57 Å². The van der Waals surface area contributed by atoms with Crippen molar-refractivity contribution in [1.29, 1.82) is 0 Å². The number of hydrogen-bond donors (Lipinski definition) is 0. The Hall–Kier alpha value is -1.68. The molecule has 0 aromatic heterocycles. The van der Waals surface area contributed by atoms with Crippen LogP contribution in [0.25, 0.3) is 0 Å². The Morgan fingerprint density at radius 2 is 2.00 bits per heavy atom. The van der Waals surface area contributed by atoms with E-state index in [1.54, 1.807) is 31.2 Å². The Balaban J connectivity index is 2.65. The first-order chi connectivity index (χ1) is 7.25. The molecular weight excluding hydrogens is 194 g/mol. The van der Waals surface area contributed by atoms with E-state index in [2.05, 4.69) is 9.89 Å². The van der Waals surface area contributed by atoms with Crippen molar-refractivity contribution >= 4 is 11.5 Å². The average molecular weight is 207 g/mol. The van der Waals surface area contributed by atoms with Crippen molar-refractivity contribution in [2.45, 2.75) is 6.92 Å². The quantitative estimate of drug-likeness (QED) is 0.243. The van der Waals surface area contributed by atoms with Gasteiger partial charge in [0, 0.05) is 12.7 Å². The highest BCUT2D eigenvalue weighted by Gasteiger charge is 2.08. The van der Waals surface area contributed by atoms with Gasteiger partial charge in [-0.1, -0.05) is 35.5 Å². The number of methoxy groups -OCH3 is 1. The Bertz CT molecular complexity index is 346. The van der Waals surface area contributed by atoms with E-state index in [1.807, 2.05) is 6.07 Å². The van der Waals surface area contributed by atoms with Crippen LogP contribution in [0.2, 0.25) is 0 Å². The molecule has 0 aliphatic heterocycles. The fourth-order valence-corrected chi connectivity index (χ4v) is 1.02. The molecule has 0 spiro atoms. The van der Waals surface area contributed by atoms with Crippen molar-refractivity contribution in [3.8, 4) is 0 Å². The molecule has 1 aromatic rings. The first-order valence-corrected chi connectivity index (χ1v) is 4.51. The molecule has 0 unspecified atom stereocenters. The summed E-state index contributed by atoms with van der Waals surface area (Å²) in [7, 11) is 1.49. The first-order valence-electron chi connectivity index (χ1n) is 4.51. The van der Waals surface area contributed by atoms with E-state index in [-0.39, 0.29) is 12.6 Å². The Labute approximate surface area is 88.5 Å². The summed E-state index contributed by atoms with van der Waals surface area (Å²) in [6.07, 6.45) is 0. The lowest BCUT2D eigenvalue weighted by Gasteiger charge is -2.00. The minimum absolute atomic E-state index is 0.0411. The lowest BCUT2D eigenvalue weighted by atomic mass is 10.1.